The highest BCUT2D eigenvalue weighted by atomic mass is 16.1. The highest BCUT2D eigenvalue weighted by molar-refractivity contribution is 5.92. The molecule has 1 amide bonds. The lowest BCUT2D eigenvalue weighted by Gasteiger charge is -2.17. The lowest BCUT2D eigenvalue weighted by molar-refractivity contribution is -0.125. The molecule has 0 aliphatic heterocycles. The van der Waals surface area contributed by atoms with Gasteiger partial charge in [-0.25, -0.2) is 0 Å². The number of primary amides is 1. The Morgan fingerprint density at radius 3 is 2.33 bits per heavy atom. The number of aliphatic imine (C=N–C) groups is 1. The van der Waals surface area contributed by atoms with E-state index in [1.54, 1.807) is 13.8 Å². The average molecular weight is 248 g/mol. The normalized spacial score (nSPS) is 12.3. The van der Waals surface area contributed by atoms with E-state index < -0.39 is 11.3 Å². The first-order valence-corrected chi connectivity index (χ1v) is 5.75. The van der Waals surface area contributed by atoms with E-state index in [9.17, 15) is 4.79 Å². The third-order valence-corrected chi connectivity index (χ3v) is 2.64. The van der Waals surface area contributed by atoms with Crippen LogP contribution in [0.3, 0.4) is 0 Å². The smallest absolute Gasteiger partial charge is 0.224 e. The lowest BCUT2D eigenvalue weighted by atomic mass is 9.93. The molecule has 0 saturated heterocycles. The van der Waals surface area contributed by atoms with Gasteiger partial charge in [-0.15, -0.1) is 0 Å². The van der Waals surface area contributed by atoms with E-state index in [-0.39, 0.29) is 12.5 Å². The molecule has 0 aromatic heterocycles. The Hall–Kier alpha value is -2.04. The van der Waals surface area contributed by atoms with Crippen molar-refractivity contribution >= 4 is 17.6 Å². The van der Waals surface area contributed by atoms with Gasteiger partial charge in [-0.3, -0.25) is 9.79 Å². The van der Waals surface area contributed by atoms with Gasteiger partial charge in [0.1, 0.15) is 0 Å². The van der Waals surface area contributed by atoms with Crippen molar-refractivity contribution in [3.8, 4) is 0 Å². The first kappa shape index (κ1) is 14.0. The number of nitrogens with one attached hydrogen (secondary N) is 1. The quantitative estimate of drug-likeness (QED) is 0.552. The van der Waals surface area contributed by atoms with Crippen molar-refractivity contribution in [2.24, 2.45) is 21.9 Å². The topological polar surface area (TPSA) is 93.5 Å². The molecule has 0 radical (unpaired) electrons. The number of guanidine groups is 1. The van der Waals surface area contributed by atoms with Crippen molar-refractivity contribution < 1.29 is 4.79 Å². The Labute approximate surface area is 107 Å². The van der Waals surface area contributed by atoms with Crippen molar-refractivity contribution in [3.63, 3.8) is 0 Å². The number of carbonyl (C=O) groups is 1. The summed E-state index contributed by atoms with van der Waals surface area (Å²) in [4.78, 5) is 15.2. The van der Waals surface area contributed by atoms with Gasteiger partial charge in [-0.05, 0) is 32.9 Å². The van der Waals surface area contributed by atoms with Crippen molar-refractivity contribution in [2.75, 3.05) is 11.9 Å². The van der Waals surface area contributed by atoms with Crippen LogP contribution >= 0.6 is 0 Å². The SMILES string of the molecule is Cc1ccc(NC(N)=NCC(C)(C)C(N)=O)cc1. The Kier molecular flexibility index (Phi) is 4.31. The summed E-state index contributed by atoms with van der Waals surface area (Å²) >= 11 is 0. The largest absolute Gasteiger partial charge is 0.370 e. The third kappa shape index (κ3) is 4.08. The number of carbonyl (C=O) groups excluding carboxylic acids is 1. The molecule has 0 unspecified atom stereocenters. The van der Waals surface area contributed by atoms with Gasteiger partial charge in [-0.1, -0.05) is 17.7 Å². The minimum Gasteiger partial charge on any atom is -0.370 e. The second-order valence-electron chi connectivity index (χ2n) is 4.94. The summed E-state index contributed by atoms with van der Waals surface area (Å²) in [5.74, 6) is -0.123. The number of aryl methyl sites for hydroxylation is 1. The molecule has 18 heavy (non-hydrogen) atoms. The molecule has 0 aliphatic rings. The van der Waals surface area contributed by atoms with Crippen molar-refractivity contribution in [1.82, 2.24) is 0 Å². The van der Waals surface area contributed by atoms with E-state index >= 15 is 0 Å². The predicted molar refractivity (Wildman–Crippen MR) is 74.3 cm³/mol. The molecule has 0 atom stereocenters. The molecule has 0 bridgehead atoms. The van der Waals surface area contributed by atoms with E-state index in [1.165, 1.54) is 5.56 Å². The maximum atomic E-state index is 11.1. The van der Waals surface area contributed by atoms with Crippen LogP contribution in [0.5, 0.6) is 0 Å². The van der Waals surface area contributed by atoms with E-state index in [0.717, 1.165) is 5.69 Å². The number of nitrogens with zero attached hydrogens (tertiary/aromatic N) is 1. The number of anilines is 1. The number of hydrogen-bond donors (Lipinski definition) is 3. The third-order valence-electron chi connectivity index (χ3n) is 2.64. The standard InChI is InChI=1S/C13H20N4O/c1-9-4-6-10(7-5-9)17-12(15)16-8-13(2,3)11(14)18/h4-7H,8H2,1-3H3,(H2,14,18)(H3,15,16,17). The van der Waals surface area contributed by atoms with Crippen LogP contribution in [-0.2, 0) is 4.79 Å². The highest BCUT2D eigenvalue weighted by Gasteiger charge is 2.24. The van der Waals surface area contributed by atoms with Gasteiger partial charge < -0.3 is 16.8 Å². The fraction of sp³-hybridized carbons (Fsp3) is 0.385. The van der Waals surface area contributed by atoms with Gasteiger partial charge in [0.25, 0.3) is 0 Å². The van der Waals surface area contributed by atoms with Gasteiger partial charge in [-0.2, -0.15) is 0 Å². The summed E-state index contributed by atoms with van der Waals surface area (Å²) in [6, 6.07) is 7.78. The molecule has 0 aliphatic carbocycles. The zero-order chi connectivity index (χ0) is 13.8. The Morgan fingerprint density at radius 1 is 1.28 bits per heavy atom. The minimum absolute atomic E-state index is 0.257. The Morgan fingerprint density at radius 2 is 1.83 bits per heavy atom. The first-order chi connectivity index (χ1) is 8.31. The Balaban J connectivity index is 2.63. The highest BCUT2D eigenvalue weighted by Crippen LogP contribution is 2.14. The maximum Gasteiger partial charge on any atom is 0.224 e. The monoisotopic (exact) mass is 248 g/mol. The van der Waals surface area contributed by atoms with Gasteiger partial charge >= 0.3 is 0 Å². The Bertz CT molecular complexity index is 449. The molecule has 1 aromatic carbocycles. The molecular weight excluding hydrogens is 228 g/mol. The molecular formula is C13H20N4O. The van der Waals surface area contributed by atoms with E-state index in [0.29, 0.717) is 0 Å². The summed E-state index contributed by atoms with van der Waals surface area (Å²) in [5.41, 5.74) is 12.3. The second kappa shape index (κ2) is 5.53. The van der Waals surface area contributed by atoms with Crippen molar-refractivity contribution in [1.29, 1.82) is 0 Å². The number of rotatable bonds is 4. The number of hydrogen-bond acceptors (Lipinski definition) is 2. The zero-order valence-electron chi connectivity index (χ0n) is 11.0. The summed E-state index contributed by atoms with van der Waals surface area (Å²) in [6.45, 7) is 5.74. The predicted octanol–water partition coefficient (Wildman–Crippen LogP) is 1.23. The van der Waals surface area contributed by atoms with Crippen LogP contribution in [0.4, 0.5) is 5.69 Å². The summed E-state index contributed by atoms with van der Waals surface area (Å²) in [5, 5.41) is 2.96. The average Bonchev–Trinajstić information content (AvgIpc) is 2.29. The summed E-state index contributed by atoms with van der Waals surface area (Å²) in [7, 11) is 0. The van der Waals surface area contributed by atoms with Gasteiger partial charge in [0.2, 0.25) is 5.91 Å². The van der Waals surface area contributed by atoms with Gasteiger partial charge in [0.05, 0.1) is 12.0 Å². The molecule has 0 spiro atoms. The number of amides is 1. The van der Waals surface area contributed by atoms with Crippen LogP contribution in [0.15, 0.2) is 29.3 Å². The second-order valence-corrected chi connectivity index (χ2v) is 4.94. The lowest BCUT2D eigenvalue weighted by Crippen LogP contribution is -2.35. The van der Waals surface area contributed by atoms with Crippen LogP contribution < -0.4 is 16.8 Å². The van der Waals surface area contributed by atoms with Gasteiger partial charge in [0, 0.05) is 5.69 Å². The maximum absolute atomic E-state index is 11.1. The molecule has 0 heterocycles. The van der Waals surface area contributed by atoms with Crippen LogP contribution in [0.1, 0.15) is 19.4 Å². The summed E-state index contributed by atoms with van der Waals surface area (Å²) < 4.78 is 0. The van der Waals surface area contributed by atoms with Crippen molar-refractivity contribution in [2.45, 2.75) is 20.8 Å². The molecule has 98 valence electrons. The number of benzene rings is 1. The van der Waals surface area contributed by atoms with Crippen LogP contribution in [0, 0.1) is 12.3 Å². The molecule has 1 rings (SSSR count). The zero-order valence-corrected chi connectivity index (χ0v) is 11.0. The fourth-order valence-electron chi connectivity index (χ4n) is 1.19. The minimum atomic E-state index is -0.695. The molecule has 5 N–H and O–H groups in total. The van der Waals surface area contributed by atoms with E-state index in [1.807, 2.05) is 31.2 Å². The van der Waals surface area contributed by atoms with E-state index in [4.69, 9.17) is 11.5 Å². The molecule has 0 fully saturated rings. The first-order valence-electron chi connectivity index (χ1n) is 5.75. The number of nitrogens with two attached hydrogens (primary N) is 2. The molecule has 5 heteroatoms. The molecule has 0 saturated carbocycles. The molecule has 5 nitrogen and oxygen atoms in total. The summed E-state index contributed by atoms with van der Waals surface area (Å²) in [6.07, 6.45) is 0. The van der Waals surface area contributed by atoms with Gasteiger partial charge in [0.15, 0.2) is 5.96 Å². The van der Waals surface area contributed by atoms with Crippen LogP contribution in [-0.4, -0.2) is 18.4 Å². The molecule has 1 aromatic rings. The van der Waals surface area contributed by atoms with Crippen LogP contribution in [0.25, 0.3) is 0 Å². The van der Waals surface area contributed by atoms with Crippen LogP contribution in [0.2, 0.25) is 0 Å². The fourth-order valence-corrected chi connectivity index (χ4v) is 1.19. The van der Waals surface area contributed by atoms with Crippen molar-refractivity contribution in [3.05, 3.63) is 29.8 Å². The van der Waals surface area contributed by atoms with E-state index in [2.05, 4.69) is 10.3 Å².